The Labute approximate surface area is 142 Å². The van der Waals surface area contributed by atoms with Crippen LogP contribution in [0.2, 0.25) is 0 Å². The molecule has 130 valence electrons. The van der Waals surface area contributed by atoms with Crippen molar-refractivity contribution in [3.63, 3.8) is 0 Å². The fraction of sp³-hybridized carbons (Fsp3) is 0.579. The summed E-state index contributed by atoms with van der Waals surface area (Å²) in [5.41, 5.74) is 0.267. The zero-order valence-corrected chi connectivity index (χ0v) is 14.3. The molecule has 24 heavy (non-hydrogen) atoms. The van der Waals surface area contributed by atoms with E-state index in [0.29, 0.717) is 25.7 Å². The Morgan fingerprint density at radius 3 is 2.71 bits per heavy atom. The fourth-order valence-corrected chi connectivity index (χ4v) is 4.60. The van der Waals surface area contributed by atoms with Crippen LogP contribution >= 0.6 is 0 Å². The van der Waals surface area contributed by atoms with Gasteiger partial charge < -0.3 is 14.7 Å². The molecule has 2 fully saturated rings. The lowest BCUT2D eigenvalue weighted by Gasteiger charge is -2.32. The highest BCUT2D eigenvalue weighted by Crippen LogP contribution is 2.52. The minimum Gasteiger partial charge on any atom is -0.496 e. The summed E-state index contributed by atoms with van der Waals surface area (Å²) in [5.74, 6) is 0.118. The predicted octanol–water partition coefficient (Wildman–Crippen LogP) is 2.87. The van der Waals surface area contributed by atoms with E-state index in [1.54, 1.807) is 7.11 Å². The molecule has 2 saturated heterocycles. The van der Waals surface area contributed by atoms with Crippen molar-refractivity contribution in [3.05, 3.63) is 29.8 Å². The third kappa shape index (κ3) is 2.56. The normalized spacial score (nSPS) is 28.2. The topological polar surface area (TPSA) is 66.8 Å². The number of hydrogen-bond donors (Lipinski definition) is 1. The van der Waals surface area contributed by atoms with Crippen LogP contribution in [0, 0.1) is 5.41 Å². The molecule has 0 aromatic heterocycles. The van der Waals surface area contributed by atoms with Crippen LogP contribution in [0.5, 0.6) is 5.75 Å². The van der Waals surface area contributed by atoms with E-state index in [2.05, 4.69) is 0 Å². The van der Waals surface area contributed by atoms with Crippen LogP contribution in [0.4, 0.5) is 0 Å². The molecule has 1 N–H and O–H groups in total. The maximum absolute atomic E-state index is 12.8. The van der Waals surface area contributed by atoms with E-state index < -0.39 is 11.4 Å². The second kappa shape index (κ2) is 6.46. The lowest BCUT2D eigenvalue weighted by Crippen LogP contribution is -2.44. The summed E-state index contributed by atoms with van der Waals surface area (Å²) in [5, 5.41) is 9.71. The fourth-order valence-electron chi connectivity index (χ4n) is 4.60. The quantitative estimate of drug-likeness (QED) is 0.870. The Morgan fingerprint density at radius 1 is 1.33 bits per heavy atom. The van der Waals surface area contributed by atoms with E-state index in [1.807, 2.05) is 36.1 Å². The molecule has 0 unspecified atom stereocenters. The molecule has 0 spiro atoms. The number of fused-ring (bicyclic) bond motifs is 2. The molecule has 1 aromatic carbocycles. The molecular formula is C19H25NO4. The van der Waals surface area contributed by atoms with Crippen molar-refractivity contribution in [2.45, 2.75) is 57.5 Å². The molecule has 3 atom stereocenters. The second-order valence-electron chi connectivity index (χ2n) is 6.88. The van der Waals surface area contributed by atoms with E-state index in [9.17, 15) is 14.7 Å². The number of para-hydroxylation sites is 1. The molecule has 5 nitrogen and oxygen atoms in total. The smallest absolute Gasteiger partial charge is 0.311 e. The SMILES string of the molecule is CC[C@@]1(C(=O)O)C[C@@H]2CC[C@H]1N2C(=O)CCc1ccccc1OC. The van der Waals surface area contributed by atoms with Gasteiger partial charge in [-0.3, -0.25) is 9.59 Å². The maximum atomic E-state index is 12.8. The highest BCUT2D eigenvalue weighted by molar-refractivity contribution is 5.83. The van der Waals surface area contributed by atoms with E-state index in [0.717, 1.165) is 24.2 Å². The summed E-state index contributed by atoms with van der Waals surface area (Å²) in [6.45, 7) is 1.92. The minimum absolute atomic E-state index is 0.0741. The van der Waals surface area contributed by atoms with Gasteiger partial charge in [-0.15, -0.1) is 0 Å². The van der Waals surface area contributed by atoms with Crippen LogP contribution in [0.1, 0.15) is 44.6 Å². The average molecular weight is 331 g/mol. The molecule has 1 amide bonds. The highest BCUT2D eigenvalue weighted by atomic mass is 16.5. The third-order valence-electron chi connectivity index (χ3n) is 5.89. The Kier molecular flexibility index (Phi) is 4.52. The monoisotopic (exact) mass is 331 g/mol. The molecular weight excluding hydrogens is 306 g/mol. The number of ether oxygens (including phenoxy) is 1. The summed E-state index contributed by atoms with van der Waals surface area (Å²) in [6, 6.07) is 7.66. The van der Waals surface area contributed by atoms with E-state index in [-0.39, 0.29) is 18.0 Å². The number of carbonyl (C=O) groups excluding carboxylic acids is 1. The second-order valence-corrected chi connectivity index (χ2v) is 6.88. The summed E-state index contributed by atoms with van der Waals surface area (Å²) >= 11 is 0. The van der Waals surface area contributed by atoms with Gasteiger partial charge in [-0.1, -0.05) is 25.1 Å². The Hall–Kier alpha value is -2.04. The van der Waals surface area contributed by atoms with Gasteiger partial charge in [0.25, 0.3) is 0 Å². The van der Waals surface area contributed by atoms with Gasteiger partial charge in [0.1, 0.15) is 5.75 Å². The number of aryl methyl sites for hydroxylation is 1. The van der Waals surface area contributed by atoms with Gasteiger partial charge in [-0.05, 0) is 43.7 Å². The predicted molar refractivity (Wildman–Crippen MR) is 89.9 cm³/mol. The minimum atomic E-state index is -0.750. The van der Waals surface area contributed by atoms with Crippen LogP contribution in [0.15, 0.2) is 24.3 Å². The first kappa shape index (κ1) is 16.8. The van der Waals surface area contributed by atoms with Gasteiger partial charge in [-0.2, -0.15) is 0 Å². The summed E-state index contributed by atoms with van der Waals surface area (Å²) in [7, 11) is 1.63. The molecule has 3 rings (SSSR count). The van der Waals surface area contributed by atoms with Gasteiger partial charge >= 0.3 is 5.97 Å². The number of rotatable bonds is 6. The summed E-state index contributed by atoms with van der Waals surface area (Å²) in [6.07, 6.45) is 3.94. The van der Waals surface area contributed by atoms with Crippen molar-refractivity contribution in [3.8, 4) is 5.75 Å². The van der Waals surface area contributed by atoms with Gasteiger partial charge in [0.05, 0.1) is 12.5 Å². The van der Waals surface area contributed by atoms with Gasteiger partial charge in [0, 0.05) is 18.5 Å². The summed E-state index contributed by atoms with van der Waals surface area (Å²) in [4.78, 5) is 26.5. The Morgan fingerprint density at radius 2 is 2.08 bits per heavy atom. The van der Waals surface area contributed by atoms with Crippen LogP contribution < -0.4 is 4.74 Å². The van der Waals surface area contributed by atoms with Crippen molar-refractivity contribution in [2.24, 2.45) is 5.41 Å². The maximum Gasteiger partial charge on any atom is 0.311 e. The van der Waals surface area contributed by atoms with Crippen molar-refractivity contribution >= 4 is 11.9 Å². The van der Waals surface area contributed by atoms with Gasteiger partial charge in [0.2, 0.25) is 5.91 Å². The Bertz CT molecular complexity index is 644. The van der Waals surface area contributed by atoms with Crippen molar-refractivity contribution in [1.82, 2.24) is 4.90 Å². The number of carbonyl (C=O) groups is 2. The zero-order valence-electron chi connectivity index (χ0n) is 14.3. The molecule has 5 heteroatoms. The van der Waals surface area contributed by atoms with E-state index >= 15 is 0 Å². The van der Waals surface area contributed by atoms with Gasteiger partial charge in [0.15, 0.2) is 0 Å². The van der Waals surface area contributed by atoms with Crippen LogP contribution in [-0.4, -0.2) is 41.1 Å². The van der Waals surface area contributed by atoms with Crippen molar-refractivity contribution in [2.75, 3.05) is 7.11 Å². The number of carboxylic acid groups (broad SMARTS) is 1. The number of hydrogen-bond acceptors (Lipinski definition) is 3. The third-order valence-corrected chi connectivity index (χ3v) is 5.89. The first-order valence-corrected chi connectivity index (χ1v) is 8.70. The standard InChI is InChI=1S/C19H25NO4/c1-3-19(18(22)23)12-14-9-10-16(19)20(14)17(21)11-8-13-6-4-5-7-15(13)24-2/h4-7,14,16H,3,8-12H2,1-2H3,(H,22,23)/t14-,16+,19+/m0/s1. The zero-order chi connectivity index (χ0) is 17.3. The lowest BCUT2D eigenvalue weighted by molar-refractivity contribution is -0.151. The average Bonchev–Trinajstić information content (AvgIpc) is 3.16. The molecule has 0 aliphatic carbocycles. The Balaban J connectivity index is 1.71. The van der Waals surface area contributed by atoms with Crippen molar-refractivity contribution < 1.29 is 19.4 Å². The molecule has 2 bridgehead atoms. The van der Waals surface area contributed by atoms with Crippen LogP contribution in [0.25, 0.3) is 0 Å². The molecule has 1 aromatic rings. The summed E-state index contributed by atoms with van der Waals surface area (Å²) < 4.78 is 5.34. The van der Waals surface area contributed by atoms with Gasteiger partial charge in [-0.25, -0.2) is 0 Å². The number of aliphatic carboxylic acids is 1. The molecule has 0 saturated carbocycles. The lowest BCUT2D eigenvalue weighted by atomic mass is 9.72. The number of methoxy groups -OCH3 is 1. The highest BCUT2D eigenvalue weighted by Gasteiger charge is 2.60. The number of amides is 1. The largest absolute Gasteiger partial charge is 0.496 e. The first-order chi connectivity index (χ1) is 11.5. The number of benzene rings is 1. The molecule has 2 aliphatic heterocycles. The first-order valence-electron chi connectivity index (χ1n) is 8.70. The number of nitrogens with zero attached hydrogens (tertiary/aromatic N) is 1. The number of carboxylic acids is 1. The molecule has 2 heterocycles. The molecule has 0 radical (unpaired) electrons. The van der Waals surface area contributed by atoms with Crippen LogP contribution in [-0.2, 0) is 16.0 Å². The van der Waals surface area contributed by atoms with E-state index in [1.165, 1.54) is 0 Å². The van der Waals surface area contributed by atoms with E-state index in [4.69, 9.17) is 4.74 Å². The van der Waals surface area contributed by atoms with Crippen molar-refractivity contribution in [1.29, 1.82) is 0 Å². The van der Waals surface area contributed by atoms with Crippen LogP contribution in [0.3, 0.4) is 0 Å². The molecule has 2 aliphatic rings.